The maximum Gasteiger partial charge on any atom is 0.238 e. The predicted octanol–water partition coefficient (Wildman–Crippen LogP) is 4.35. The summed E-state index contributed by atoms with van der Waals surface area (Å²) in [7, 11) is 2.08. The van der Waals surface area contributed by atoms with E-state index in [0.717, 1.165) is 53.0 Å². The van der Waals surface area contributed by atoms with Crippen LogP contribution in [0.1, 0.15) is 22.6 Å². The molecule has 2 amide bonds. The number of carbonyl (C=O) groups excluding carboxylic acids is 2. The fourth-order valence-electron chi connectivity index (χ4n) is 5.03. The van der Waals surface area contributed by atoms with Crippen molar-refractivity contribution in [2.75, 3.05) is 45.3 Å². The van der Waals surface area contributed by atoms with Crippen molar-refractivity contribution in [3.63, 3.8) is 0 Å². The summed E-state index contributed by atoms with van der Waals surface area (Å²) in [4.78, 5) is 35.1. The second-order valence-electron chi connectivity index (χ2n) is 9.75. The number of fused-ring (bicyclic) bond motifs is 2. The van der Waals surface area contributed by atoms with Gasteiger partial charge in [-0.2, -0.15) is 0 Å². The molecule has 38 heavy (non-hydrogen) atoms. The Labute approximate surface area is 229 Å². The highest BCUT2D eigenvalue weighted by molar-refractivity contribution is 9.10. The normalized spacial score (nSPS) is 18.9. The lowest BCUT2D eigenvalue weighted by molar-refractivity contribution is -0.132. The van der Waals surface area contributed by atoms with Crippen LogP contribution in [-0.4, -0.2) is 67.3 Å². The van der Waals surface area contributed by atoms with E-state index in [1.54, 1.807) is 0 Å². The molecule has 0 aliphatic carbocycles. The molecule has 1 saturated heterocycles. The van der Waals surface area contributed by atoms with E-state index in [9.17, 15) is 9.59 Å². The van der Waals surface area contributed by atoms with Crippen molar-refractivity contribution in [1.82, 2.24) is 9.80 Å². The van der Waals surface area contributed by atoms with Crippen molar-refractivity contribution in [3.8, 4) is 11.5 Å². The van der Waals surface area contributed by atoms with Crippen LogP contribution in [0.3, 0.4) is 0 Å². The minimum Gasteiger partial charge on any atom is -0.454 e. The molecule has 3 aliphatic rings. The van der Waals surface area contributed by atoms with Gasteiger partial charge >= 0.3 is 0 Å². The van der Waals surface area contributed by atoms with E-state index in [1.165, 1.54) is 0 Å². The summed E-state index contributed by atoms with van der Waals surface area (Å²) in [5.74, 6) is 0.715. The number of rotatable bonds is 5. The van der Waals surface area contributed by atoms with Crippen molar-refractivity contribution in [1.29, 1.82) is 0 Å². The van der Waals surface area contributed by atoms with E-state index in [0.29, 0.717) is 29.3 Å². The minimum absolute atomic E-state index is 0.135. The van der Waals surface area contributed by atoms with Gasteiger partial charge in [-0.25, -0.2) is 0 Å². The Bertz CT molecular complexity index is 1430. The monoisotopic (exact) mass is 574 g/mol. The smallest absolute Gasteiger partial charge is 0.238 e. The summed E-state index contributed by atoms with van der Waals surface area (Å²) in [5.41, 5.74) is 4.66. The molecule has 0 aromatic heterocycles. The Balaban J connectivity index is 1.31. The van der Waals surface area contributed by atoms with Gasteiger partial charge in [-0.3, -0.25) is 14.6 Å². The number of piperazine rings is 1. The highest BCUT2D eigenvalue weighted by Gasteiger charge is 2.36. The SMILES string of the molecule is CN1CCN(C(=O)Cc2ccc(N=C(c3ccc4c(c3)OCO4)C3C(=O)Nc4cc(Br)ccc43)cc2)CC1. The number of ether oxygens (including phenoxy) is 2. The molecule has 0 radical (unpaired) electrons. The number of nitrogens with zero attached hydrogens (tertiary/aromatic N) is 3. The third-order valence-electron chi connectivity index (χ3n) is 7.19. The molecule has 3 aliphatic heterocycles. The topological polar surface area (TPSA) is 83.5 Å². The van der Waals surface area contributed by atoms with Gasteiger partial charge in [-0.1, -0.05) is 34.1 Å². The Hall–Kier alpha value is -3.69. The van der Waals surface area contributed by atoms with Gasteiger partial charge in [-0.15, -0.1) is 0 Å². The van der Waals surface area contributed by atoms with Crippen LogP contribution < -0.4 is 14.8 Å². The van der Waals surface area contributed by atoms with E-state index in [1.807, 2.05) is 65.6 Å². The molecule has 194 valence electrons. The van der Waals surface area contributed by atoms with Crippen molar-refractivity contribution in [2.45, 2.75) is 12.3 Å². The number of benzene rings is 3. The highest BCUT2D eigenvalue weighted by Crippen LogP contribution is 2.40. The minimum atomic E-state index is -0.586. The third kappa shape index (κ3) is 4.91. The van der Waals surface area contributed by atoms with E-state index in [2.05, 4.69) is 33.2 Å². The maximum absolute atomic E-state index is 13.2. The van der Waals surface area contributed by atoms with Crippen LogP contribution in [0.25, 0.3) is 0 Å². The first kappa shape index (κ1) is 24.6. The molecule has 8 nitrogen and oxygen atoms in total. The Morgan fingerprint density at radius 1 is 1.00 bits per heavy atom. The average molecular weight is 575 g/mol. The van der Waals surface area contributed by atoms with Crippen LogP contribution >= 0.6 is 15.9 Å². The standard InChI is InChI=1S/C29H27BrN4O4/c1-33-10-12-34(13-11-33)26(35)14-18-2-6-21(7-3-18)31-28(19-4-9-24-25(15-19)38-17-37-24)27-22-8-5-20(30)16-23(22)32-29(27)36/h2-9,15-16,27H,10-14,17H2,1H3,(H,32,36). The molecule has 3 aromatic rings. The lowest BCUT2D eigenvalue weighted by Crippen LogP contribution is -2.47. The molecule has 3 aromatic carbocycles. The molecule has 1 atom stereocenters. The molecule has 1 unspecified atom stereocenters. The molecule has 1 N–H and O–H groups in total. The van der Waals surface area contributed by atoms with E-state index < -0.39 is 5.92 Å². The van der Waals surface area contributed by atoms with Gasteiger partial charge in [0.05, 0.1) is 17.8 Å². The summed E-state index contributed by atoms with van der Waals surface area (Å²) < 4.78 is 12.0. The molecular formula is C29H27BrN4O4. The number of amides is 2. The molecule has 9 heteroatoms. The third-order valence-corrected chi connectivity index (χ3v) is 7.68. The van der Waals surface area contributed by atoms with E-state index in [-0.39, 0.29) is 18.6 Å². The number of aliphatic imine (C=N–C) groups is 1. The molecule has 3 heterocycles. The summed E-state index contributed by atoms with van der Waals surface area (Å²) in [6.07, 6.45) is 0.357. The van der Waals surface area contributed by atoms with Gasteiger partial charge in [0.25, 0.3) is 0 Å². The van der Waals surface area contributed by atoms with Crippen LogP contribution in [0.15, 0.2) is 70.1 Å². The van der Waals surface area contributed by atoms with Gasteiger partial charge in [0.1, 0.15) is 5.92 Å². The Morgan fingerprint density at radius 2 is 1.76 bits per heavy atom. The van der Waals surface area contributed by atoms with Gasteiger partial charge in [0.15, 0.2) is 11.5 Å². The molecule has 0 bridgehead atoms. The second kappa shape index (κ2) is 10.2. The second-order valence-corrected chi connectivity index (χ2v) is 10.7. The molecular weight excluding hydrogens is 548 g/mol. The molecule has 0 spiro atoms. The number of carbonyl (C=O) groups is 2. The lowest BCUT2D eigenvalue weighted by Gasteiger charge is -2.32. The van der Waals surface area contributed by atoms with Crippen LogP contribution in [0.2, 0.25) is 0 Å². The number of hydrogen-bond donors (Lipinski definition) is 1. The van der Waals surface area contributed by atoms with Crippen LogP contribution in [0, 0.1) is 0 Å². The number of likely N-dealkylation sites (N-methyl/N-ethyl adjacent to an activating group) is 1. The first-order valence-corrected chi connectivity index (χ1v) is 13.4. The summed E-state index contributed by atoms with van der Waals surface area (Å²) in [6.45, 7) is 3.49. The van der Waals surface area contributed by atoms with Gasteiger partial charge in [0, 0.05) is 41.9 Å². The van der Waals surface area contributed by atoms with Gasteiger partial charge in [0.2, 0.25) is 18.6 Å². The van der Waals surface area contributed by atoms with Crippen molar-refractivity contribution >= 4 is 44.8 Å². The van der Waals surface area contributed by atoms with E-state index in [4.69, 9.17) is 14.5 Å². The van der Waals surface area contributed by atoms with Gasteiger partial charge in [-0.05, 0) is 60.6 Å². The fraction of sp³-hybridized carbons (Fsp3) is 0.276. The Morgan fingerprint density at radius 3 is 2.55 bits per heavy atom. The zero-order chi connectivity index (χ0) is 26.2. The quantitative estimate of drug-likeness (QED) is 0.458. The first-order chi connectivity index (χ1) is 18.4. The number of anilines is 1. The van der Waals surface area contributed by atoms with Crippen LogP contribution in [-0.2, 0) is 16.0 Å². The highest BCUT2D eigenvalue weighted by atomic mass is 79.9. The summed E-state index contributed by atoms with van der Waals surface area (Å²) >= 11 is 3.48. The van der Waals surface area contributed by atoms with Crippen molar-refractivity contribution in [2.24, 2.45) is 4.99 Å². The van der Waals surface area contributed by atoms with E-state index >= 15 is 0 Å². The van der Waals surface area contributed by atoms with Crippen molar-refractivity contribution < 1.29 is 19.1 Å². The largest absolute Gasteiger partial charge is 0.454 e. The first-order valence-electron chi connectivity index (χ1n) is 12.6. The zero-order valence-corrected chi connectivity index (χ0v) is 22.5. The predicted molar refractivity (Wildman–Crippen MR) is 148 cm³/mol. The van der Waals surface area contributed by atoms with Crippen molar-refractivity contribution in [3.05, 3.63) is 81.8 Å². The van der Waals surface area contributed by atoms with Crippen LogP contribution in [0.4, 0.5) is 11.4 Å². The number of hydrogen-bond acceptors (Lipinski definition) is 6. The molecule has 1 fully saturated rings. The number of halogens is 1. The number of nitrogens with one attached hydrogen (secondary N) is 1. The van der Waals surface area contributed by atoms with Gasteiger partial charge < -0.3 is 24.6 Å². The molecule has 6 rings (SSSR count). The zero-order valence-electron chi connectivity index (χ0n) is 20.9. The lowest BCUT2D eigenvalue weighted by atomic mass is 9.90. The molecule has 0 saturated carbocycles. The maximum atomic E-state index is 13.2. The fourth-order valence-corrected chi connectivity index (χ4v) is 5.39. The summed E-state index contributed by atoms with van der Waals surface area (Å²) in [6, 6.07) is 19.0. The average Bonchev–Trinajstić information content (AvgIpc) is 3.51. The van der Waals surface area contributed by atoms with Crippen LogP contribution in [0.5, 0.6) is 11.5 Å². The summed E-state index contributed by atoms with van der Waals surface area (Å²) in [5, 5.41) is 2.99. The Kier molecular flexibility index (Phi) is 6.63.